The fourth-order valence-corrected chi connectivity index (χ4v) is 2.93. The Balaban J connectivity index is 1.73. The van der Waals surface area contributed by atoms with Crippen molar-refractivity contribution in [2.75, 3.05) is 33.8 Å². The molecule has 2 N–H and O–H groups in total. The zero-order valence-electron chi connectivity index (χ0n) is 15.4. The summed E-state index contributed by atoms with van der Waals surface area (Å²) in [5, 5.41) is 6.36. The lowest BCUT2D eigenvalue weighted by Crippen LogP contribution is -2.37. The molecule has 0 spiro atoms. The Kier molecular flexibility index (Phi) is 8.25. The van der Waals surface area contributed by atoms with E-state index in [9.17, 15) is 4.79 Å². The third-order valence-electron chi connectivity index (χ3n) is 4.41. The molecule has 0 aliphatic carbocycles. The summed E-state index contributed by atoms with van der Waals surface area (Å²) in [6.45, 7) is 4.68. The average Bonchev–Trinajstić information content (AvgIpc) is 2.66. The van der Waals surface area contributed by atoms with E-state index in [1.165, 1.54) is 50.6 Å². The van der Waals surface area contributed by atoms with Gasteiger partial charge >= 0.3 is 5.97 Å². The highest BCUT2D eigenvalue weighted by Crippen LogP contribution is 2.13. The number of rotatable bonds is 7. The standard InChI is InChI=1S/C19H30N4O2/c1-20-19(21-11-10-18(24)25-2)22-14-16-6-8-17(9-7-16)15-23-12-4-3-5-13-23/h6-9H,3-5,10-15H2,1-2H3,(H2,20,21,22). The molecule has 0 atom stereocenters. The van der Waals surface area contributed by atoms with Crippen molar-refractivity contribution < 1.29 is 9.53 Å². The second-order valence-electron chi connectivity index (χ2n) is 6.33. The summed E-state index contributed by atoms with van der Waals surface area (Å²) in [5.41, 5.74) is 2.57. The van der Waals surface area contributed by atoms with Crippen LogP contribution in [-0.2, 0) is 22.6 Å². The van der Waals surface area contributed by atoms with Crippen molar-refractivity contribution in [3.05, 3.63) is 35.4 Å². The Morgan fingerprint density at radius 1 is 1.12 bits per heavy atom. The van der Waals surface area contributed by atoms with Crippen LogP contribution in [0.2, 0.25) is 0 Å². The maximum absolute atomic E-state index is 11.1. The van der Waals surface area contributed by atoms with E-state index in [0.29, 0.717) is 25.5 Å². The van der Waals surface area contributed by atoms with Crippen LogP contribution >= 0.6 is 0 Å². The van der Waals surface area contributed by atoms with E-state index in [1.54, 1.807) is 7.05 Å². The van der Waals surface area contributed by atoms with Crippen LogP contribution in [0.3, 0.4) is 0 Å². The van der Waals surface area contributed by atoms with Crippen LogP contribution in [0.4, 0.5) is 0 Å². The average molecular weight is 346 g/mol. The molecule has 1 saturated heterocycles. The Labute approximate surface area is 150 Å². The quantitative estimate of drug-likeness (QED) is 0.448. The molecule has 25 heavy (non-hydrogen) atoms. The number of piperidine rings is 1. The Morgan fingerprint density at radius 3 is 2.44 bits per heavy atom. The highest BCUT2D eigenvalue weighted by atomic mass is 16.5. The molecule has 1 fully saturated rings. The van der Waals surface area contributed by atoms with Gasteiger partial charge in [-0.1, -0.05) is 30.7 Å². The molecule has 1 heterocycles. The molecular formula is C19H30N4O2. The summed E-state index contributed by atoms with van der Waals surface area (Å²) in [6, 6.07) is 8.74. The zero-order valence-corrected chi connectivity index (χ0v) is 15.4. The number of methoxy groups -OCH3 is 1. The van der Waals surface area contributed by atoms with Gasteiger partial charge in [-0.3, -0.25) is 14.7 Å². The highest BCUT2D eigenvalue weighted by Gasteiger charge is 2.10. The van der Waals surface area contributed by atoms with Crippen LogP contribution in [0.5, 0.6) is 0 Å². The van der Waals surface area contributed by atoms with E-state index in [4.69, 9.17) is 0 Å². The zero-order chi connectivity index (χ0) is 17.9. The van der Waals surface area contributed by atoms with Gasteiger partial charge in [-0.25, -0.2) is 0 Å². The van der Waals surface area contributed by atoms with Crippen LogP contribution in [0.1, 0.15) is 36.8 Å². The summed E-state index contributed by atoms with van der Waals surface area (Å²) in [5.74, 6) is 0.452. The predicted octanol–water partition coefficient (Wildman–Crippen LogP) is 1.90. The molecular weight excluding hydrogens is 316 g/mol. The van der Waals surface area contributed by atoms with Gasteiger partial charge in [0.2, 0.25) is 0 Å². The van der Waals surface area contributed by atoms with Crippen LogP contribution in [-0.4, -0.2) is 50.6 Å². The van der Waals surface area contributed by atoms with Crippen LogP contribution in [0.25, 0.3) is 0 Å². The summed E-state index contributed by atoms with van der Waals surface area (Å²) in [6.07, 6.45) is 4.34. The predicted molar refractivity (Wildman–Crippen MR) is 100 cm³/mol. The van der Waals surface area contributed by atoms with Crippen molar-refractivity contribution in [1.29, 1.82) is 0 Å². The second kappa shape index (κ2) is 10.7. The normalized spacial score (nSPS) is 15.7. The van der Waals surface area contributed by atoms with Gasteiger partial charge in [-0.15, -0.1) is 0 Å². The molecule has 1 aromatic carbocycles. The number of nitrogens with one attached hydrogen (secondary N) is 2. The van der Waals surface area contributed by atoms with Crippen molar-refractivity contribution in [1.82, 2.24) is 15.5 Å². The van der Waals surface area contributed by atoms with Crippen molar-refractivity contribution in [3.8, 4) is 0 Å². The number of guanidine groups is 1. The van der Waals surface area contributed by atoms with Gasteiger partial charge in [0.15, 0.2) is 5.96 Å². The Bertz CT molecular complexity index is 551. The fourth-order valence-electron chi connectivity index (χ4n) is 2.93. The molecule has 0 bridgehead atoms. The molecule has 6 nitrogen and oxygen atoms in total. The molecule has 6 heteroatoms. The molecule has 0 radical (unpaired) electrons. The number of esters is 1. The van der Waals surface area contributed by atoms with Crippen molar-refractivity contribution in [2.45, 2.75) is 38.8 Å². The topological polar surface area (TPSA) is 66.0 Å². The maximum Gasteiger partial charge on any atom is 0.307 e. The second-order valence-corrected chi connectivity index (χ2v) is 6.33. The largest absolute Gasteiger partial charge is 0.469 e. The van der Waals surface area contributed by atoms with Crippen molar-refractivity contribution >= 4 is 11.9 Å². The number of likely N-dealkylation sites (tertiary alicyclic amines) is 1. The molecule has 1 aromatic rings. The summed E-state index contributed by atoms with van der Waals surface area (Å²) < 4.78 is 4.62. The monoisotopic (exact) mass is 346 g/mol. The number of benzene rings is 1. The molecule has 0 saturated carbocycles. The summed E-state index contributed by atoms with van der Waals surface area (Å²) in [7, 11) is 3.11. The molecule has 1 aliphatic heterocycles. The van der Waals surface area contributed by atoms with E-state index in [2.05, 4.69) is 49.5 Å². The van der Waals surface area contributed by atoms with Gasteiger partial charge in [0.25, 0.3) is 0 Å². The van der Waals surface area contributed by atoms with Gasteiger partial charge in [0.05, 0.1) is 13.5 Å². The molecule has 0 amide bonds. The number of hydrogen-bond acceptors (Lipinski definition) is 4. The molecule has 2 rings (SSSR count). The Hall–Kier alpha value is -2.08. The van der Waals surface area contributed by atoms with E-state index in [1.807, 2.05) is 0 Å². The van der Waals surface area contributed by atoms with E-state index in [0.717, 1.165) is 6.54 Å². The van der Waals surface area contributed by atoms with E-state index < -0.39 is 0 Å². The van der Waals surface area contributed by atoms with Gasteiger partial charge < -0.3 is 15.4 Å². The first-order chi connectivity index (χ1) is 12.2. The lowest BCUT2D eigenvalue weighted by Gasteiger charge is -2.26. The smallest absolute Gasteiger partial charge is 0.307 e. The minimum atomic E-state index is -0.229. The van der Waals surface area contributed by atoms with Gasteiger partial charge in [-0.05, 0) is 37.1 Å². The third kappa shape index (κ3) is 7.13. The molecule has 138 valence electrons. The fraction of sp³-hybridized carbons (Fsp3) is 0.579. The minimum absolute atomic E-state index is 0.229. The van der Waals surface area contributed by atoms with Crippen molar-refractivity contribution in [3.63, 3.8) is 0 Å². The van der Waals surface area contributed by atoms with Gasteiger partial charge in [0.1, 0.15) is 0 Å². The lowest BCUT2D eigenvalue weighted by molar-refractivity contribution is -0.140. The van der Waals surface area contributed by atoms with Crippen LogP contribution in [0, 0.1) is 0 Å². The number of carbonyl (C=O) groups excluding carboxylic acids is 1. The first-order valence-corrected chi connectivity index (χ1v) is 9.03. The van der Waals surface area contributed by atoms with Crippen molar-refractivity contribution in [2.24, 2.45) is 4.99 Å². The third-order valence-corrected chi connectivity index (χ3v) is 4.41. The number of aliphatic imine (C=N–C) groups is 1. The maximum atomic E-state index is 11.1. The number of hydrogen-bond donors (Lipinski definition) is 2. The summed E-state index contributed by atoms with van der Waals surface area (Å²) >= 11 is 0. The number of ether oxygens (including phenoxy) is 1. The first kappa shape index (κ1) is 19.2. The van der Waals surface area contributed by atoms with E-state index in [-0.39, 0.29) is 5.97 Å². The molecule has 1 aliphatic rings. The van der Waals surface area contributed by atoms with Gasteiger partial charge in [0, 0.05) is 26.7 Å². The first-order valence-electron chi connectivity index (χ1n) is 9.03. The van der Waals surface area contributed by atoms with Crippen LogP contribution in [0.15, 0.2) is 29.3 Å². The van der Waals surface area contributed by atoms with E-state index >= 15 is 0 Å². The SMILES string of the molecule is CN=C(NCCC(=O)OC)NCc1ccc(CN2CCCCC2)cc1. The number of carbonyl (C=O) groups is 1. The Morgan fingerprint density at radius 2 is 1.80 bits per heavy atom. The van der Waals surface area contributed by atoms with Gasteiger partial charge in [-0.2, -0.15) is 0 Å². The highest BCUT2D eigenvalue weighted by molar-refractivity contribution is 5.80. The lowest BCUT2D eigenvalue weighted by atomic mass is 10.1. The summed E-state index contributed by atoms with van der Waals surface area (Å²) in [4.78, 5) is 17.8. The number of nitrogens with zero attached hydrogens (tertiary/aromatic N) is 2. The molecule has 0 aromatic heterocycles. The molecule has 0 unspecified atom stereocenters. The minimum Gasteiger partial charge on any atom is -0.469 e. The van der Waals surface area contributed by atoms with Crippen LogP contribution < -0.4 is 10.6 Å².